The van der Waals surface area contributed by atoms with Crippen LogP contribution in [0.4, 0.5) is 0 Å². The van der Waals surface area contributed by atoms with Gasteiger partial charge in [0.15, 0.2) is 11.6 Å². The van der Waals surface area contributed by atoms with Gasteiger partial charge in [0.2, 0.25) is 0 Å². The number of Topliss-reactive ketones (excluding diaryl/α,β-unsaturated/α-hetero) is 1. The largest absolute Gasteiger partial charge is 0.393 e. The fourth-order valence-corrected chi connectivity index (χ4v) is 6.31. The summed E-state index contributed by atoms with van der Waals surface area (Å²) >= 11 is 0. The van der Waals surface area contributed by atoms with Gasteiger partial charge in [-0.3, -0.25) is 9.59 Å². The van der Waals surface area contributed by atoms with Crippen LogP contribution in [0.3, 0.4) is 0 Å². The molecule has 3 saturated carbocycles. The lowest BCUT2D eigenvalue weighted by atomic mass is 9.45. The van der Waals surface area contributed by atoms with E-state index in [0.717, 1.165) is 0 Å². The summed E-state index contributed by atoms with van der Waals surface area (Å²) in [6, 6.07) is -0.704. The quantitative estimate of drug-likeness (QED) is 0.743. The first-order chi connectivity index (χ1) is 14.9. The molecule has 0 bridgehead atoms. The Labute approximate surface area is 163 Å². The van der Waals surface area contributed by atoms with Crippen LogP contribution >= 0.6 is 0 Å². The van der Waals surface area contributed by atoms with Crippen molar-refractivity contribution in [2.45, 2.75) is 57.9 Å². The number of carbonyl (C=O) groups is 3. The highest BCUT2D eigenvalue weighted by molar-refractivity contribution is 5.91. The van der Waals surface area contributed by atoms with E-state index in [1.807, 2.05) is 0 Å². The van der Waals surface area contributed by atoms with E-state index in [-0.39, 0.29) is 31.3 Å². The molecule has 0 heterocycles. The first-order valence-electron chi connectivity index (χ1n) is 12.6. The number of aliphatic hydroxyl groups is 2. The molecule has 5 nitrogen and oxygen atoms in total. The van der Waals surface area contributed by atoms with Crippen molar-refractivity contribution in [1.29, 1.82) is 0 Å². The highest BCUT2D eigenvalue weighted by Crippen LogP contribution is 2.66. The number of aldehydes is 1. The van der Waals surface area contributed by atoms with Crippen molar-refractivity contribution in [2.24, 2.45) is 34.5 Å². The van der Waals surface area contributed by atoms with Crippen LogP contribution in [0.15, 0.2) is 11.6 Å². The number of carbonyl (C=O) groups excluding carboxylic acids is 3. The van der Waals surface area contributed by atoms with Gasteiger partial charge in [0.05, 0.1) is 10.2 Å². The zero-order valence-corrected chi connectivity index (χ0v) is 14.6. The van der Waals surface area contributed by atoms with E-state index >= 15 is 0 Å². The molecule has 26 heavy (non-hydrogen) atoms. The molecule has 3 fully saturated rings. The molecule has 4 aliphatic carbocycles. The number of allylic oxidation sites excluding steroid dienone is 1. The molecule has 4 aliphatic rings. The lowest BCUT2D eigenvalue weighted by Crippen LogP contribution is -2.58. The molecular weight excluding hydrogens is 332 g/mol. The van der Waals surface area contributed by atoms with Gasteiger partial charge < -0.3 is 15.0 Å². The summed E-state index contributed by atoms with van der Waals surface area (Å²) in [7, 11) is 0. The topological polar surface area (TPSA) is 91.7 Å². The lowest BCUT2D eigenvalue weighted by Gasteiger charge is -2.59. The summed E-state index contributed by atoms with van der Waals surface area (Å²) < 4.78 is 56.9. The minimum absolute atomic E-state index is 0.101. The molecule has 0 aromatic heterocycles. The number of fused-ring (bicyclic) bond motifs is 5. The minimum Gasteiger partial charge on any atom is -0.393 e. The normalized spacial score (nSPS) is 56.2. The highest BCUT2D eigenvalue weighted by atomic mass is 16.3. The molecule has 4 rings (SSSR count). The molecule has 0 amide bonds. The van der Waals surface area contributed by atoms with E-state index in [4.69, 9.17) is 9.60 Å². The monoisotopic (exact) mass is 367 g/mol. The summed E-state index contributed by atoms with van der Waals surface area (Å²) in [5.74, 6) is -5.40. The van der Waals surface area contributed by atoms with Crippen molar-refractivity contribution in [3.05, 3.63) is 11.6 Å². The molecule has 0 saturated heterocycles. The van der Waals surface area contributed by atoms with Crippen LogP contribution in [0.5, 0.6) is 0 Å². The second-order valence-electron chi connectivity index (χ2n) is 8.38. The van der Waals surface area contributed by atoms with Gasteiger partial charge >= 0.3 is 0 Å². The van der Waals surface area contributed by atoms with Crippen LogP contribution in [0, 0.1) is 34.5 Å². The standard InChI is InChI=1S/C21H28O5/c1-20-7-6-13(24)8-12(20)2-3-14-15-4-5-16(18(26)10-22)21(15,11-23)9-17(25)19(14)20/h8,11,14-17,19,22,25H,2-7,9-10H2,1H3/t14-,15-,16+,17-,19+,20-,21-/m0/s1/i2D2,6D2,8D,10D2. The summed E-state index contributed by atoms with van der Waals surface area (Å²) in [4.78, 5) is 37.6. The highest BCUT2D eigenvalue weighted by Gasteiger charge is 2.64. The van der Waals surface area contributed by atoms with E-state index in [1.54, 1.807) is 6.92 Å². The average Bonchev–Trinajstić information content (AvgIpc) is 3.02. The average molecular weight is 367 g/mol. The number of rotatable bonds is 3. The molecule has 0 unspecified atom stereocenters. The number of ketones is 2. The Kier molecular flexibility index (Phi) is 2.70. The van der Waals surface area contributed by atoms with Crippen LogP contribution in [0.2, 0.25) is 0 Å². The Morgan fingerprint density at radius 2 is 2.23 bits per heavy atom. The third kappa shape index (κ3) is 2.26. The summed E-state index contributed by atoms with van der Waals surface area (Å²) in [5.41, 5.74) is -2.95. The van der Waals surface area contributed by atoms with E-state index in [1.165, 1.54) is 0 Å². The van der Waals surface area contributed by atoms with Gasteiger partial charge in [-0.2, -0.15) is 0 Å². The van der Waals surface area contributed by atoms with Crippen LogP contribution in [-0.4, -0.2) is 40.7 Å². The van der Waals surface area contributed by atoms with Crippen molar-refractivity contribution < 1.29 is 34.2 Å². The van der Waals surface area contributed by atoms with Crippen molar-refractivity contribution in [3.63, 3.8) is 0 Å². The molecule has 0 spiro atoms. The van der Waals surface area contributed by atoms with Crippen LogP contribution in [0.25, 0.3) is 0 Å². The Morgan fingerprint density at radius 3 is 2.92 bits per heavy atom. The SMILES string of the molecule is [2H]C1=C2C([2H])([2H])C[C@@H]3[C@H]([C@@H](O)C[C@@]4(C=O)[C@@H](C(=O)C([2H])([2H])O)CC[C@@H]34)[C@@]2(C)CC([2H])([2H])C1=O. The molecule has 5 heteroatoms. The second kappa shape index (κ2) is 6.10. The molecule has 0 aromatic rings. The maximum absolute atomic E-state index is 12.7. The van der Waals surface area contributed by atoms with Gasteiger partial charge in [0.25, 0.3) is 0 Å². The Hall–Kier alpha value is -1.33. The van der Waals surface area contributed by atoms with Gasteiger partial charge in [-0.15, -0.1) is 0 Å². The molecule has 7 atom stereocenters. The van der Waals surface area contributed by atoms with E-state index in [2.05, 4.69) is 0 Å². The van der Waals surface area contributed by atoms with Crippen molar-refractivity contribution in [2.75, 3.05) is 6.56 Å². The predicted molar refractivity (Wildman–Crippen MR) is 94.1 cm³/mol. The lowest BCUT2D eigenvalue weighted by molar-refractivity contribution is -0.157. The fourth-order valence-electron chi connectivity index (χ4n) is 6.31. The number of hydrogen-bond acceptors (Lipinski definition) is 5. The third-order valence-corrected chi connectivity index (χ3v) is 7.38. The Morgan fingerprint density at radius 1 is 1.46 bits per heavy atom. The zero-order valence-electron chi connectivity index (χ0n) is 21.6. The second-order valence-corrected chi connectivity index (χ2v) is 8.38. The van der Waals surface area contributed by atoms with E-state index in [0.29, 0.717) is 6.29 Å². The number of aliphatic hydroxyl groups excluding tert-OH is 1. The molecule has 142 valence electrons. The summed E-state index contributed by atoms with van der Waals surface area (Å²) in [6.45, 7) is -1.59. The Bertz CT molecular complexity index is 957. The fraction of sp³-hybridized carbons (Fsp3) is 0.762. The van der Waals surface area contributed by atoms with Gasteiger partial charge in [0.1, 0.15) is 12.8 Å². The van der Waals surface area contributed by atoms with Crippen molar-refractivity contribution >= 4 is 17.9 Å². The Balaban J connectivity index is 1.86. The van der Waals surface area contributed by atoms with Crippen LogP contribution in [-0.2, 0) is 14.4 Å². The molecule has 0 aliphatic heterocycles. The smallest absolute Gasteiger partial charge is 0.162 e. The molecular formula is C21H28O5. The first kappa shape index (κ1) is 11.5. The minimum atomic E-state index is -3.15. The first-order valence-corrected chi connectivity index (χ1v) is 9.12. The molecule has 0 aromatic carbocycles. The zero-order chi connectivity index (χ0) is 24.9. The van der Waals surface area contributed by atoms with Crippen molar-refractivity contribution in [3.8, 4) is 0 Å². The predicted octanol–water partition coefficient (Wildman–Crippen LogP) is 1.85. The van der Waals surface area contributed by atoms with E-state index in [9.17, 15) is 24.6 Å². The molecule has 0 radical (unpaired) electrons. The van der Waals surface area contributed by atoms with E-state index < -0.39 is 83.9 Å². The van der Waals surface area contributed by atoms with Crippen molar-refractivity contribution in [1.82, 2.24) is 0 Å². The maximum Gasteiger partial charge on any atom is 0.162 e. The van der Waals surface area contributed by atoms with Crippen LogP contribution in [0.1, 0.15) is 61.4 Å². The molecule has 2 N–H and O–H groups in total. The van der Waals surface area contributed by atoms with Gasteiger partial charge in [-0.05, 0) is 67.7 Å². The number of hydrogen-bond donors (Lipinski definition) is 2. The van der Waals surface area contributed by atoms with Crippen LogP contribution < -0.4 is 0 Å². The van der Waals surface area contributed by atoms with Gasteiger partial charge in [-0.1, -0.05) is 12.5 Å². The van der Waals surface area contributed by atoms with Gasteiger partial charge in [-0.25, -0.2) is 0 Å². The summed E-state index contributed by atoms with van der Waals surface area (Å²) in [5, 5.41) is 21.0. The van der Waals surface area contributed by atoms with Gasteiger partial charge in [0, 0.05) is 23.2 Å². The maximum atomic E-state index is 12.7. The summed E-state index contributed by atoms with van der Waals surface area (Å²) in [6.07, 6.45) is -5.77. The third-order valence-electron chi connectivity index (χ3n) is 7.38.